The van der Waals surface area contributed by atoms with Crippen molar-refractivity contribution in [3.05, 3.63) is 0 Å². The Labute approximate surface area is 124 Å². The van der Waals surface area contributed by atoms with Crippen molar-refractivity contribution >= 4 is 14.9 Å². The molecule has 0 saturated heterocycles. The number of rotatable bonds is 14. The van der Waals surface area contributed by atoms with Crippen LogP contribution in [0.3, 0.4) is 0 Å². The minimum absolute atomic E-state index is 0.596. The van der Waals surface area contributed by atoms with Crippen LogP contribution in [0.25, 0.3) is 0 Å². The maximum absolute atomic E-state index is 9.91. The summed E-state index contributed by atoms with van der Waals surface area (Å²) >= 11 is 0. The van der Waals surface area contributed by atoms with Gasteiger partial charge in [-0.3, -0.25) is 0 Å². The van der Waals surface area contributed by atoms with E-state index in [1.165, 1.54) is 0 Å². The van der Waals surface area contributed by atoms with Crippen molar-refractivity contribution in [2.24, 2.45) is 4.99 Å². The lowest BCUT2D eigenvalue weighted by Gasteiger charge is -2.28. The van der Waals surface area contributed by atoms with Gasteiger partial charge in [0.05, 0.1) is 6.54 Å². The molecule has 0 aliphatic rings. The fourth-order valence-electron chi connectivity index (χ4n) is 2.11. The van der Waals surface area contributed by atoms with Gasteiger partial charge in [0.2, 0.25) is 6.08 Å². The first-order valence-electron chi connectivity index (χ1n) is 7.70. The zero-order chi connectivity index (χ0) is 15.1. The molecule has 0 heterocycles. The van der Waals surface area contributed by atoms with Gasteiger partial charge in [0.15, 0.2) is 0 Å². The molecule has 0 aliphatic carbocycles. The number of carbonyl (C=O) groups excluding carboxylic acids is 1. The van der Waals surface area contributed by atoms with Crippen molar-refractivity contribution in [2.45, 2.75) is 58.9 Å². The zero-order valence-corrected chi connectivity index (χ0v) is 14.2. The lowest BCUT2D eigenvalue weighted by atomic mass is 10.1. The van der Waals surface area contributed by atoms with Crippen LogP contribution in [0.4, 0.5) is 0 Å². The second kappa shape index (κ2) is 13.5. The van der Waals surface area contributed by atoms with E-state index in [2.05, 4.69) is 4.99 Å². The molecule has 0 fully saturated rings. The van der Waals surface area contributed by atoms with E-state index in [1.54, 1.807) is 6.08 Å². The summed E-state index contributed by atoms with van der Waals surface area (Å²) in [5.41, 5.74) is 0. The van der Waals surface area contributed by atoms with Crippen molar-refractivity contribution < 1.29 is 18.1 Å². The Bertz CT molecular complexity index is 253. The summed E-state index contributed by atoms with van der Waals surface area (Å²) in [6.45, 7) is 8.44. The molecule has 0 aromatic rings. The van der Waals surface area contributed by atoms with Gasteiger partial charge in [0.1, 0.15) is 0 Å². The predicted octanol–water partition coefficient (Wildman–Crippen LogP) is 3.32. The largest absolute Gasteiger partial charge is 0.500 e. The molecule has 0 radical (unpaired) electrons. The van der Waals surface area contributed by atoms with E-state index in [0.717, 1.165) is 38.1 Å². The van der Waals surface area contributed by atoms with Gasteiger partial charge in [-0.15, -0.1) is 0 Å². The molecule has 0 aromatic heterocycles. The zero-order valence-electron chi connectivity index (χ0n) is 13.2. The summed E-state index contributed by atoms with van der Waals surface area (Å²) in [7, 11) is -2.45. The number of nitrogens with zero attached hydrogens (tertiary/aromatic N) is 1. The molecule has 0 rings (SSSR count). The van der Waals surface area contributed by atoms with Gasteiger partial charge in [-0.1, -0.05) is 19.3 Å². The topological polar surface area (TPSA) is 57.1 Å². The Kier molecular flexibility index (Phi) is 13.1. The molecule has 6 heteroatoms. The highest BCUT2D eigenvalue weighted by molar-refractivity contribution is 6.60. The van der Waals surface area contributed by atoms with E-state index in [9.17, 15) is 4.79 Å². The summed E-state index contributed by atoms with van der Waals surface area (Å²) in [5.74, 6) is 0. The number of unbranched alkanes of at least 4 members (excludes halogenated alkanes) is 4. The van der Waals surface area contributed by atoms with Crippen molar-refractivity contribution in [3.63, 3.8) is 0 Å². The van der Waals surface area contributed by atoms with Gasteiger partial charge < -0.3 is 13.3 Å². The van der Waals surface area contributed by atoms with Gasteiger partial charge in [0, 0.05) is 25.9 Å². The lowest BCUT2D eigenvalue weighted by Crippen LogP contribution is -2.45. The molecule has 0 atom stereocenters. The SMILES string of the molecule is CCO[Si](CCCCCCCN=C=O)(OCC)OCC. The smallest absolute Gasteiger partial charge is 0.374 e. The molecular formula is C14H29NO4Si. The fraction of sp³-hybridized carbons (Fsp3) is 0.929. The summed E-state index contributed by atoms with van der Waals surface area (Å²) in [4.78, 5) is 13.4. The second-order valence-corrected chi connectivity index (χ2v) is 7.20. The molecule has 0 aliphatic heterocycles. The first-order chi connectivity index (χ1) is 9.74. The van der Waals surface area contributed by atoms with Gasteiger partial charge in [0.25, 0.3) is 0 Å². The van der Waals surface area contributed by atoms with Crippen LogP contribution < -0.4 is 0 Å². The Hall–Kier alpha value is -0.523. The minimum Gasteiger partial charge on any atom is -0.374 e. The van der Waals surface area contributed by atoms with Crippen molar-refractivity contribution in [1.82, 2.24) is 0 Å². The monoisotopic (exact) mass is 303 g/mol. The average Bonchev–Trinajstić information content (AvgIpc) is 2.43. The first kappa shape index (κ1) is 19.5. The highest BCUT2D eigenvalue weighted by Crippen LogP contribution is 2.20. The highest BCUT2D eigenvalue weighted by Gasteiger charge is 2.39. The normalized spacial score (nSPS) is 11.3. The summed E-state index contributed by atoms with van der Waals surface area (Å²) in [6, 6.07) is 0.884. The minimum atomic E-state index is -2.45. The standard InChI is InChI=1S/C14H29NO4Si/c1-4-17-20(18-5-2,19-6-3)13-11-9-7-8-10-12-15-14-16/h4-13H2,1-3H3. The van der Waals surface area contributed by atoms with Crippen LogP contribution in [0.5, 0.6) is 0 Å². The summed E-state index contributed by atoms with van der Waals surface area (Å²) in [5, 5.41) is 0. The number of hydrogen-bond donors (Lipinski definition) is 0. The Balaban J connectivity index is 3.90. The lowest BCUT2D eigenvalue weighted by molar-refractivity contribution is 0.0706. The van der Waals surface area contributed by atoms with Gasteiger partial charge >= 0.3 is 8.80 Å². The summed E-state index contributed by atoms with van der Waals surface area (Å²) < 4.78 is 17.4. The van der Waals surface area contributed by atoms with Crippen LogP contribution in [0, 0.1) is 0 Å². The highest BCUT2D eigenvalue weighted by atomic mass is 28.4. The number of isocyanates is 1. The molecule has 0 spiro atoms. The Morgan fingerprint density at radius 2 is 1.35 bits per heavy atom. The van der Waals surface area contributed by atoms with Gasteiger partial charge in [-0.25, -0.2) is 9.79 Å². The summed E-state index contributed by atoms with van der Waals surface area (Å²) in [6.07, 6.45) is 6.95. The predicted molar refractivity (Wildman–Crippen MR) is 81.5 cm³/mol. The molecule has 0 saturated carbocycles. The molecular weight excluding hydrogens is 274 g/mol. The molecule has 0 aromatic carbocycles. The van der Waals surface area contributed by atoms with Crippen LogP contribution in [0.1, 0.15) is 52.9 Å². The molecule has 0 N–H and O–H groups in total. The van der Waals surface area contributed by atoms with Gasteiger partial charge in [-0.2, -0.15) is 0 Å². The van der Waals surface area contributed by atoms with Crippen LogP contribution in [-0.4, -0.2) is 41.2 Å². The maximum atomic E-state index is 9.91. The first-order valence-corrected chi connectivity index (χ1v) is 9.63. The van der Waals surface area contributed by atoms with E-state index < -0.39 is 8.80 Å². The molecule has 0 unspecified atom stereocenters. The third-order valence-corrected chi connectivity index (χ3v) is 6.06. The molecule has 0 amide bonds. The van der Waals surface area contributed by atoms with Crippen LogP contribution >= 0.6 is 0 Å². The van der Waals surface area contributed by atoms with E-state index in [1.807, 2.05) is 20.8 Å². The van der Waals surface area contributed by atoms with Crippen LogP contribution in [0.2, 0.25) is 6.04 Å². The fourth-order valence-corrected chi connectivity index (χ4v) is 4.80. The molecule has 0 bridgehead atoms. The van der Waals surface area contributed by atoms with E-state index in [-0.39, 0.29) is 0 Å². The van der Waals surface area contributed by atoms with Gasteiger partial charge in [-0.05, 0) is 33.6 Å². The molecule has 118 valence electrons. The third kappa shape index (κ3) is 9.39. The Morgan fingerprint density at radius 3 is 1.85 bits per heavy atom. The second-order valence-electron chi connectivity index (χ2n) is 4.47. The third-order valence-electron chi connectivity index (χ3n) is 2.91. The van der Waals surface area contributed by atoms with Crippen molar-refractivity contribution in [2.75, 3.05) is 26.4 Å². The molecule has 5 nitrogen and oxygen atoms in total. The Morgan fingerprint density at radius 1 is 0.850 bits per heavy atom. The quantitative estimate of drug-likeness (QED) is 0.214. The van der Waals surface area contributed by atoms with E-state index in [4.69, 9.17) is 13.3 Å². The van der Waals surface area contributed by atoms with Crippen LogP contribution in [0.15, 0.2) is 4.99 Å². The maximum Gasteiger partial charge on any atom is 0.500 e. The van der Waals surface area contributed by atoms with Crippen molar-refractivity contribution in [1.29, 1.82) is 0 Å². The average molecular weight is 303 g/mol. The van der Waals surface area contributed by atoms with E-state index in [0.29, 0.717) is 26.4 Å². The number of hydrogen-bond acceptors (Lipinski definition) is 5. The number of aliphatic imine (C=N–C) groups is 1. The van der Waals surface area contributed by atoms with Crippen LogP contribution in [-0.2, 0) is 18.1 Å². The molecule has 20 heavy (non-hydrogen) atoms. The van der Waals surface area contributed by atoms with Crippen molar-refractivity contribution in [3.8, 4) is 0 Å². The van der Waals surface area contributed by atoms with E-state index >= 15 is 0 Å².